The molecule has 4 nitrogen and oxygen atoms in total. The van der Waals surface area contributed by atoms with Crippen LogP contribution in [-0.4, -0.2) is 30.3 Å². The van der Waals surface area contributed by atoms with Crippen LogP contribution < -0.4 is 5.32 Å². The molecule has 1 aromatic carbocycles. The minimum absolute atomic E-state index is 0.0734. The van der Waals surface area contributed by atoms with E-state index >= 15 is 0 Å². The van der Waals surface area contributed by atoms with E-state index in [0.717, 1.165) is 19.3 Å². The van der Waals surface area contributed by atoms with Crippen molar-refractivity contribution < 1.29 is 14.6 Å². The van der Waals surface area contributed by atoms with Crippen molar-refractivity contribution in [1.29, 1.82) is 0 Å². The molecule has 4 heteroatoms. The highest BCUT2D eigenvalue weighted by atomic mass is 16.5. The third-order valence-corrected chi connectivity index (χ3v) is 3.62. The van der Waals surface area contributed by atoms with Crippen LogP contribution in [0, 0.1) is 6.92 Å². The number of aromatic hydroxyl groups is 1. The third-order valence-electron chi connectivity index (χ3n) is 3.62. The molecule has 2 unspecified atom stereocenters. The molecule has 1 amide bonds. The summed E-state index contributed by atoms with van der Waals surface area (Å²) >= 11 is 0. The van der Waals surface area contributed by atoms with E-state index < -0.39 is 0 Å². The summed E-state index contributed by atoms with van der Waals surface area (Å²) in [4.78, 5) is 12.2. The highest BCUT2D eigenvalue weighted by Crippen LogP contribution is 2.23. The average molecular weight is 249 g/mol. The predicted octanol–water partition coefficient (Wildman–Crippen LogP) is 2.00. The summed E-state index contributed by atoms with van der Waals surface area (Å²) in [6.45, 7) is 1.74. The molecule has 0 aliphatic heterocycles. The highest BCUT2D eigenvalue weighted by Gasteiger charge is 2.29. The van der Waals surface area contributed by atoms with Gasteiger partial charge in [0, 0.05) is 18.2 Å². The number of benzene rings is 1. The maximum Gasteiger partial charge on any atom is 0.251 e. The molecule has 2 atom stereocenters. The van der Waals surface area contributed by atoms with Gasteiger partial charge in [0.05, 0.1) is 12.1 Å². The van der Waals surface area contributed by atoms with Gasteiger partial charge in [-0.25, -0.2) is 0 Å². The number of hydrogen-bond acceptors (Lipinski definition) is 3. The average Bonchev–Trinajstić information content (AvgIpc) is 2.79. The molecule has 0 spiro atoms. The van der Waals surface area contributed by atoms with E-state index in [2.05, 4.69) is 5.32 Å². The Hall–Kier alpha value is -1.55. The molecule has 0 radical (unpaired) electrons. The monoisotopic (exact) mass is 249 g/mol. The van der Waals surface area contributed by atoms with Crippen LogP contribution in [0.4, 0.5) is 0 Å². The first-order valence-corrected chi connectivity index (χ1v) is 6.25. The van der Waals surface area contributed by atoms with Gasteiger partial charge < -0.3 is 15.2 Å². The van der Waals surface area contributed by atoms with E-state index in [1.54, 1.807) is 32.2 Å². The Morgan fingerprint density at radius 1 is 1.44 bits per heavy atom. The van der Waals surface area contributed by atoms with Gasteiger partial charge in [-0.2, -0.15) is 0 Å². The molecule has 1 aromatic rings. The van der Waals surface area contributed by atoms with Gasteiger partial charge in [-0.05, 0) is 38.3 Å². The second-order valence-electron chi connectivity index (χ2n) is 4.73. The Labute approximate surface area is 107 Å². The Balaban J connectivity index is 2.10. The van der Waals surface area contributed by atoms with Crippen molar-refractivity contribution in [2.24, 2.45) is 0 Å². The summed E-state index contributed by atoms with van der Waals surface area (Å²) in [5.41, 5.74) is 1.14. The molecule has 1 saturated carbocycles. The Morgan fingerprint density at radius 3 is 2.94 bits per heavy atom. The lowest BCUT2D eigenvalue weighted by Gasteiger charge is -2.20. The number of nitrogens with one attached hydrogen (secondary N) is 1. The fourth-order valence-corrected chi connectivity index (χ4v) is 2.49. The van der Waals surface area contributed by atoms with Crippen molar-refractivity contribution in [2.75, 3.05) is 7.11 Å². The van der Waals surface area contributed by atoms with Crippen LogP contribution in [0.25, 0.3) is 0 Å². The first kappa shape index (κ1) is 12.9. The zero-order valence-corrected chi connectivity index (χ0v) is 10.8. The van der Waals surface area contributed by atoms with E-state index in [-0.39, 0.29) is 23.8 Å². The standard InChI is InChI=1S/C14H19NO3/c1-9-10(5-3-7-12(9)16)14(17)15-11-6-4-8-13(11)18-2/h3,5,7,11,13,16H,4,6,8H2,1-2H3,(H,15,17). The first-order valence-electron chi connectivity index (χ1n) is 6.25. The largest absolute Gasteiger partial charge is 0.508 e. The Morgan fingerprint density at radius 2 is 2.22 bits per heavy atom. The van der Waals surface area contributed by atoms with Crippen LogP contribution in [-0.2, 0) is 4.74 Å². The topological polar surface area (TPSA) is 58.6 Å². The van der Waals surface area contributed by atoms with Crippen molar-refractivity contribution in [3.05, 3.63) is 29.3 Å². The van der Waals surface area contributed by atoms with Crippen molar-refractivity contribution in [1.82, 2.24) is 5.32 Å². The summed E-state index contributed by atoms with van der Waals surface area (Å²) in [6.07, 6.45) is 3.11. The number of amides is 1. The number of phenolic OH excluding ortho intramolecular Hbond substituents is 1. The molecular weight excluding hydrogens is 230 g/mol. The molecule has 1 fully saturated rings. The summed E-state index contributed by atoms with van der Waals surface area (Å²) in [5.74, 6) is 0.00899. The molecule has 2 rings (SSSR count). The van der Waals surface area contributed by atoms with Crippen molar-refractivity contribution in [2.45, 2.75) is 38.3 Å². The highest BCUT2D eigenvalue weighted by molar-refractivity contribution is 5.96. The summed E-state index contributed by atoms with van der Waals surface area (Å²) in [7, 11) is 1.68. The second kappa shape index (κ2) is 5.40. The maximum absolute atomic E-state index is 12.2. The van der Waals surface area contributed by atoms with Gasteiger partial charge in [0.2, 0.25) is 0 Å². The summed E-state index contributed by atoms with van der Waals surface area (Å²) in [6, 6.07) is 5.06. The van der Waals surface area contributed by atoms with E-state index in [4.69, 9.17) is 4.74 Å². The SMILES string of the molecule is COC1CCCC1NC(=O)c1cccc(O)c1C. The molecule has 0 saturated heterocycles. The van der Waals surface area contributed by atoms with Crippen LogP contribution >= 0.6 is 0 Å². The van der Waals surface area contributed by atoms with E-state index in [9.17, 15) is 9.90 Å². The molecule has 1 aliphatic carbocycles. The van der Waals surface area contributed by atoms with Crippen LogP contribution in [0.15, 0.2) is 18.2 Å². The maximum atomic E-state index is 12.2. The lowest BCUT2D eigenvalue weighted by atomic mass is 10.1. The summed E-state index contributed by atoms with van der Waals surface area (Å²) < 4.78 is 5.35. The predicted molar refractivity (Wildman–Crippen MR) is 68.7 cm³/mol. The molecule has 2 N–H and O–H groups in total. The summed E-state index contributed by atoms with van der Waals surface area (Å²) in [5, 5.41) is 12.6. The Bertz CT molecular complexity index is 445. The van der Waals surface area contributed by atoms with Gasteiger partial charge in [-0.3, -0.25) is 4.79 Å². The number of carbonyl (C=O) groups is 1. The van der Waals surface area contributed by atoms with Crippen LogP contribution in [0.3, 0.4) is 0 Å². The lowest BCUT2D eigenvalue weighted by molar-refractivity contribution is 0.0721. The third kappa shape index (κ3) is 2.48. The van der Waals surface area contributed by atoms with Gasteiger partial charge in [-0.15, -0.1) is 0 Å². The lowest BCUT2D eigenvalue weighted by Crippen LogP contribution is -2.40. The quantitative estimate of drug-likeness (QED) is 0.861. The molecular formula is C14H19NO3. The normalized spacial score (nSPS) is 23.0. The minimum Gasteiger partial charge on any atom is -0.508 e. The zero-order chi connectivity index (χ0) is 13.1. The molecule has 1 aliphatic rings. The fourth-order valence-electron chi connectivity index (χ4n) is 2.49. The first-order chi connectivity index (χ1) is 8.63. The second-order valence-corrected chi connectivity index (χ2v) is 4.73. The zero-order valence-electron chi connectivity index (χ0n) is 10.8. The fraction of sp³-hybridized carbons (Fsp3) is 0.500. The number of methoxy groups -OCH3 is 1. The molecule has 0 bridgehead atoms. The number of ether oxygens (including phenoxy) is 1. The van der Waals surface area contributed by atoms with Gasteiger partial charge >= 0.3 is 0 Å². The molecule has 0 heterocycles. The van der Waals surface area contributed by atoms with E-state index in [1.165, 1.54) is 0 Å². The smallest absolute Gasteiger partial charge is 0.251 e. The van der Waals surface area contributed by atoms with Crippen molar-refractivity contribution in [3.63, 3.8) is 0 Å². The number of hydrogen-bond donors (Lipinski definition) is 2. The number of carbonyl (C=O) groups excluding carboxylic acids is 1. The molecule has 18 heavy (non-hydrogen) atoms. The van der Waals surface area contributed by atoms with Gasteiger partial charge in [0.25, 0.3) is 5.91 Å². The molecule has 0 aromatic heterocycles. The van der Waals surface area contributed by atoms with E-state index in [0.29, 0.717) is 11.1 Å². The van der Waals surface area contributed by atoms with Gasteiger partial charge in [0.15, 0.2) is 0 Å². The minimum atomic E-state index is -0.141. The number of phenols is 1. The van der Waals surface area contributed by atoms with Crippen molar-refractivity contribution >= 4 is 5.91 Å². The van der Waals surface area contributed by atoms with Crippen LogP contribution in [0.5, 0.6) is 5.75 Å². The van der Waals surface area contributed by atoms with Gasteiger partial charge in [-0.1, -0.05) is 6.07 Å². The number of rotatable bonds is 3. The van der Waals surface area contributed by atoms with Gasteiger partial charge in [0.1, 0.15) is 5.75 Å². The van der Waals surface area contributed by atoms with Crippen LogP contribution in [0.2, 0.25) is 0 Å². The Kier molecular flexibility index (Phi) is 3.87. The van der Waals surface area contributed by atoms with E-state index in [1.807, 2.05) is 0 Å². The van der Waals surface area contributed by atoms with Crippen molar-refractivity contribution in [3.8, 4) is 5.75 Å². The van der Waals surface area contributed by atoms with Crippen LogP contribution in [0.1, 0.15) is 35.2 Å². The molecule has 98 valence electrons.